The molecule has 3 atom stereocenters. The molecule has 0 radical (unpaired) electrons. The smallest absolute Gasteiger partial charge is 0.170 e. The highest BCUT2D eigenvalue weighted by atomic mass is 15.2. The van der Waals surface area contributed by atoms with E-state index in [4.69, 9.17) is 9.97 Å². The number of allylic oxidation sites excluding steroid dienone is 2. The Morgan fingerprint density at radius 2 is 0.593 bits per heavy atom. The number of para-hydroxylation sites is 7. The van der Waals surface area contributed by atoms with Crippen molar-refractivity contribution in [1.82, 2.24) is 9.97 Å². The summed E-state index contributed by atoms with van der Waals surface area (Å²) in [6, 6.07) is 114. The Balaban J connectivity index is 0.851. The van der Waals surface area contributed by atoms with Gasteiger partial charge in [-0.2, -0.15) is 0 Å². The maximum Gasteiger partial charge on any atom is 0.170 e. The highest BCUT2D eigenvalue weighted by Crippen LogP contribution is 2.47. The molecule has 8 nitrogen and oxygen atoms in total. The van der Waals surface area contributed by atoms with Gasteiger partial charge in [0.1, 0.15) is 0 Å². The van der Waals surface area contributed by atoms with Crippen LogP contribution in [0.25, 0.3) is 33.3 Å². The third-order valence-electron chi connectivity index (χ3n) is 17.5. The Bertz CT molecular complexity index is 4530. The molecule has 0 fully saturated rings. The van der Waals surface area contributed by atoms with E-state index in [-0.39, 0.29) is 17.6 Å². The van der Waals surface area contributed by atoms with E-state index in [1.807, 2.05) is 0 Å². The molecule has 13 aromatic rings. The quantitative estimate of drug-likeness (QED) is 0.0992. The van der Waals surface area contributed by atoms with Crippen molar-refractivity contribution in [3.05, 3.63) is 357 Å². The average Bonchev–Trinajstić information content (AvgIpc) is 0.968. The second-order valence-electron chi connectivity index (χ2n) is 23.4. The van der Waals surface area contributed by atoms with Gasteiger partial charge in [-0.3, -0.25) is 0 Å². The molecule has 2 unspecified atom stereocenters. The van der Waals surface area contributed by atoms with Crippen LogP contribution in [-0.4, -0.2) is 15.5 Å². The van der Waals surface area contributed by atoms with E-state index in [0.29, 0.717) is 11.6 Å². The van der Waals surface area contributed by atoms with Crippen molar-refractivity contribution in [1.29, 1.82) is 0 Å². The van der Waals surface area contributed by atoms with Gasteiger partial charge in [-0.1, -0.05) is 200 Å². The summed E-state index contributed by atoms with van der Waals surface area (Å²) in [6.07, 6.45) is 9.76. The lowest BCUT2D eigenvalue weighted by Gasteiger charge is -2.41. The molecule has 1 aliphatic carbocycles. The molecule has 8 heteroatoms. The van der Waals surface area contributed by atoms with Crippen molar-refractivity contribution in [3.63, 3.8) is 0 Å². The van der Waals surface area contributed by atoms with Crippen molar-refractivity contribution in [2.75, 3.05) is 30.2 Å². The zero-order chi connectivity index (χ0) is 60.9. The molecule has 0 spiro atoms. The average molecular weight is 1180 g/mol. The molecular formula is C83H66N8. The fourth-order valence-corrected chi connectivity index (χ4v) is 13.0. The topological polar surface area (TPSA) is 62.8 Å². The largest absolute Gasteiger partial charge is 0.358 e. The summed E-state index contributed by atoms with van der Waals surface area (Å²) in [6.45, 7) is 2.31. The van der Waals surface area contributed by atoms with E-state index in [2.05, 4.69) is 383 Å². The SMILES string of the molecule is C[C@@]1(N(c2ccccc2)c2ccc(-c3cc4nc5c(nc4cc3-c3ccc(N(c4ccccc4)c4ccccc4)cc3)NC(c3ccc(N(c4ccccc4)c4ccccc4)cc3)C(c3ccc(N(c4ccccc4)c4ccccc4)cc3)N5)cc2)C=CC=CC1. The van der Waals surface area contributed by atoms with Gasteiger partial charge in [-0.05, 0) is 192 Å². The van der Waals surface area contributed by atoms with Crippen LogP contribution >= 0.6 is 0 Å². The van der Waals surface area contributed by atoms with Crippen LogP contribution in [0.4, 0.5) is 74.2 Å². The van der Waals surface area contributed by atoms with Crippen molar-refractivity contribution >= 4 is 85.2 Å². The van der Waals surface area contributed by atoms with Gasteiger partial charge in [0, 0.05) is 62.6 Å². The van der Waals surface area contributed by atoms with E-state index >= 15 is 0 Å². The number of benzene rings is 12. The standard InChI is InChI=1S/C83H66N8/c1-83(56-24-9-25-57-83)91(73-38-22-8-23-39-73)74-54-42-61(43-55-74)76-59-78-77(58-75(76)60-40-48-70(49-41-60)88(64-26-10-2-11-27-64)65-28-12-3-13-29-65)84-81-82(85-78)87-80(63-46-52-72(53-47-63)90(68-34-18-6-19-35-68)69-36-20-7-21-37-69)79(86-81)62-44-50-71(51-45-62)89(66-30-14-4-15-31-66)67-32-16-5-17-33-67/h2-56,58-59,79-80H,57H2,1H3,(H,84,86)(H,85,87)/t79?,80?,83-/m1/s1. The fraction of sp³-hybridized carbons (Fsp3) is 0.0602. The Morgan fingerprint density at radius 1 is 0.319 bits per heavy atom. The number of nitrogens with zero attached hydrogens (tertiary/aromatic N) is 6. The molecule has 2 heterocycles. The third kappa shape index (κ3) is 11.3. The molecule has 0 bridgehead atoms. The van der Waals surface area contributed by atoms with Crippen LogP contribution in [0.15, 0.2) is 346 Å². The zero-order valence-corrected chi connectivity index (χ0v) is 50.5. The summed E-state index contributed by atoms with van der Waals surface area (Å²) >= 11 is 0. The summed E-state index contributed by atoms with van der Waals surface area (Å²) in [5.74, 6) is 1.37. The van der Waals surface area contributed by atoms with Crippen LogP contribution in [0, 0.1) is 0 Å². The first-order chi connectivity index (χ1) is 45.0. The van der Waals surface area contributed by atoms with Crippen molar-refractivity contribution in [3.8, 4) is 22.3 Å². The minimum absolute atomic E-state index is 0.250. The Hall–Kier alpha value is -11.7. The molecule has 1 aromatic heterocycles. The van der Waals surface area contributed by atoms with Gasteiger partial charge in [0.05, 0.1) is 28.7 Å². The molecule has 0 amide bonds. The summed E-state index contributed by atoms with van der Waals surface area (Å²) in [4.78, 5) is 20.5. The van der Waals surface area contributed by atoms with Gasteiger partial charge in [-0.25, -0.2) is 9.97 Å². The first-order valence-corrected chi connectivity index (χ1v) is 31.2. The maximum absolute atomic E-state index is 5.55. The van der Waals surface area contributed by atoms with E-state index in [9.17, 15) is 0 Å². The zero-order valence-electron chi connectivity index (χ0n) is 50.5. The van der Waals surface area contributed by atoms with Crippen LogP contribution < -0.4 is 30.2 Å². The van der Waals surface area contributed by atoms with Crippen molar-refractivity contribution in [2.45, 2.75) is 31.0 Å². The highest BCUT2D eigenvalue weighted by molar-refractivity contribution is 5.96. The van der Waals surface area contributed by atoms with Crippen LogP contribution in [-0.2, 0) is 0 Å². The van der Waals surface area contributed by atoms with E-state index in [1.54, 1.807) is 0 Å². The van der Waals surface area contributed by atoms with Gasteiger partial charge in [0.2, 0.25) is 0 Å². The molecule has 2 aliphatic rings. The Kier molecular flexibility index (Phi) is 15.2. The van der Waals surface area contributed by atoms with Crippen LogP contribution in [0.5, 0.6) is 0 Å². The van der Waals surface area contributed by atoms with Gasteiger partial charge >= 0.3 is 0 Å². The fourth-order valence-electron chi connectivity index (χ4n) is 13.0. The monoisotopic (exact) mass is 1170 g/mol. The second kappa shape index (κ2) is 24.8. The molecule has 91 heavy (non-hydrogen) atoms. The van der Waals surface area contributed by atoms with Crippen molar-refractivity contribution < 1.29 is 0 Å². The lowest BCUT2D eigenvalue weighted by Crippen LogP contribution is -2.42. The molecule has 0 saturated carbocycles. The van der Waals surface area contributed by atoms with Gasteiger partial charge in [0.15, 0.2) is 11.6 Å². The van der Waals surface area contributed by atoms with Crippen LogP contribution in [0.2, 0.25) is 0 Å². The predicted octanol–water partition coefficient (Wildman–Crippen LogP) is 22.1. The van der Waals surface area contributed by atoms with E-state index in [1.165, 1.54) is 0 Å². The number of fused-ring (bicyclic) bond motifs is 2. The van der Waals surface area contributed by atoms with Crippen LogP contribution in [0.1, 0.15) is 36.6 Å². The van der Waals surface area contributed by atoms with Crippen LogP contribution in [0.3, 0.4) is 0 Å². The normalized spacial score (nSPS) is 15.6. The molecule has 12 aromatic carbocycles. The Labute approximate surface area is 532 Å². The number of nitrogens with one attached hydrogen (secondary N) is 2. The lowest BCUT2D eigenvalue weighted by atomic mass is 9.89. The first-order valence-electron chi connectivity index (χ1n) is 31.2. The molecule has 438 valence electrons. The number of hydrogen-bond acceptors (Lipinski definition) is 8. The van der Waals surface area contributed by atoms with E-state index in [0.717, 1.165) is 113 Å². The molecular weight excluding hydrogens is 1110 g/mol. The summed E-state index contributed by atoms with van der Waals surface area (Å²) < 4.78 is 0. The maximum atomic E-state index is 5.55. The minimum Gasteiger partial charge on any atom is -0.358 e. The summed E-state index contributed by atoms with van der Waals surface area (Å²) in [5, 5.41) is 7.99. The summed E-state index contributed by atoms with van der Waals surface area (Å²) in [5.41, 5.74) is 19.6. The van der Waals surface area contributed by atoms with E-state index < -0.39 is 0 Å². The summed E-state index contributed by atoms with van der Waals surface area (Å²) in [7, 11) is 0. The number of rotatable bonds is 16. The molecule has 0 saturated heterocycles. The van der Waals surface area contributed by atoms with Crippen molar-refractivity contribution in [2.24, 2.45) is 0 Å². The highest BCUT2D eigenvalue weighted by Gasteiger charge is 2.34. The Morgan fingerprint density at radius 3 is 0.901 bits per heavy atom. The third-order valence-corrected chi connectivity index (χ3v) is 17.5. The molecule has 15 rings (SSSR count). The number of aromatic nitrogens is 2. The first kappa shape index (κ1) is 55.8. The second-order valence-corrected chi connectivity index (χ2v) is 23.4. The minimum atomic E-state index is -0.268. The van der Waals surface area contributed by atoms with Gasteiger partial charge in [0.25, 0.3) is 0 Å². The molecule has 2 N–H and O–H groups in total. The lowest BCUT2D eigenvalue weighted by molar-refractivity contribution is 0.570. The van der Waals surface area contributed by atoms with Gasteiger partial charge in [-0.15, -0.1) is 0 Å². The number of anilines is 13. The predicted molar refractivity (Wildman–Crippen MR) is 380 cm³/mol. The number of hydrogen-bond donors (Lipinski definition) is 2. The molecule has 1 aliphatic heterocycles. The van der Waals surface area contributed by atoms with Gasteiger partial charge < -0.3 is 30.2 Å².